The minimum Gasteiger partial charge on any atom is -0.314 e. The van der Waals surface area contributed by atoms with E-state index in [1.54, 1.807) is 0 Å². The fraction of sp³-hybridized carbons (Fsp3) is 0.0286. The monoisotopic (exact) mass is 492 g/mol. The predicted octanol–water partition coefficient (Wildman–Crippen LogP) is 8.76. The maximum Gasteiger partial charge on any atom is 0.142 e. The summed E-state index contributed by atoms with van der Waals surface area (Å²) in [4.78, 5) is 0. The van der Waals surface area contributed by atoms with Gasteiger partial charge in [-0.3, -0.25) is 0 Å². The summed E-state index contributed by atoms with van der Waals surface area (Å²) in [5.41, 5.74) is 9.14. The maximum atomic E-state index is 14.2. The Balaban J connectivity index is 1.43. The average Bonchev–Trinajstić information content (AvgIpc) is 3.20. The number of hydrogen-bond acceptors (Lipinski definition) is 1. The van der Waals surface area contributed by atoms with Gasteiger partial charge in [-0.1, -0.05) is 121 Å². The molecule has 0 radical (unpaired) electrons. The molecular weight excluding hydrogens is 467 g/mol. The molecule has 1 unspecified atom stereocenters. The summed E-state index contributed by atoms with van der Waals surface area (Å²) in [6, 6.07) is 46.9. The Bertz CT molecular complexity index is 1850. The van der Waals surface area contributed by atoms with Crippen molar-refractivity contribution in [2.45, 2.75) is 0 Å². The summed E-state index contributed by atoms with van der Waals surface area (Å²) in [6.45, 7) is 1.92. The van der Waals surface area contributed by atoms with Gasteiger partial charge in [-0.15, -0.1) is 0 Å². The fourth-order valence-electron chi connectivity index (χ4n) is 5.83. The van der Waals surface area contributed by atoms with Crippen LogP contribution in [0.25, 0.3) is 55.3 Å². The smallest absolute Gasteiger partial charge is 0.142 e. The molecule has 1 aliphatic rings. The second kappa shape index (κ2) is 8.44. The number of benzene rings is 6. The molecule has 1 nitrogen and oxygen atoms in total. The van der Waals surface area contributed by atoms with Gasteiger partial charge in [0, 0.05) is 10.6 Å². The predicted molar refractivity (Wildman–Crippen MR) is 158 cm³/mol. The minimum atomic E-state index is -2.71. The highest BCUT2D eigenvalue weighted by Crippen LogP contribution is 2.52. The molecule has 37 heavy (non-hydrogen) atoms. The lowest BCUT2D eigenvalue weighted by Gasteiger charge is -2.17. The standard InChI is InChI=1S/C35H25OP/c1-37(36)34-17-8-7-14-31(34)32-16-9-15-30(35(32)37)28-22-27-12-5-6-13-29(27)33(23-28)26-20-18-25(19-21-26)24-10-3-2-4-11-24/h2-23H,1H3. The molecule has 0 fully saturated rings. The first-order chi connectivity index (χ1) is 18.1. The first kappa shape index (κ1) is 22.0. The van der Waals surface area contributed by atoms with Crippen LogP contribution in [0.1, 0.15) is 0 Å². The summed E-state index contributed by atoms with van der Waals surface area (Å²) in [5.74, 6) is 0. The Kier molecular flexibility index (Phi) is 5.03. The first-order valence-electron chi connectivity index (χ1n) is 12.6. The molecule has 0 amide bonds. The highest BCUT2D eigenvalue weighted by Gasteiger charge is 2.36. The quantitative estimate of drug-likeness (QED) is 0.226. The SMILES string of the molecule is CP1(=O)c2ccccc2-c2cccc(-c3cc(-c4ccc(-c5ccccc5)cc4)c4ccccc4c3)c21. The van der Waals surface area contributed by atoms with E-state index in [9.17, 15) is 4.57 Å². The van der Waals surface area contributed by atoms with E-state index in [4.69, 9.17) is 0 Å². The van der Waals surface area contributed by atoms with Gasteiger partial charge in [0.2, 0.25) is 0 Å². The molecule has 0 N–H and O–H groups in total. The Morgan fingerprint density at radius 1 is 0.459 bits per heavy atom. The van der Waals surface area contributed by atoms with Gasteiger partial charge in [0.15, 0.2) is 0 Å². The lowest BCUT2D eigenvalue weighted by Crippen LogP contribution is -2.11. The van der Waals surface area contributed by atoms with Gasteiger partial charge in [0.1, 0.15) is 7.14 Å². The van der Waals surface area contributed by atoms with Gasteiger partial charge < -0.3 is 4.57 Å². The van der Waals surface area contributed by atoms with E-state index in [0.717, 1.165) is 32.9 Å². The van der Waals surface area contributed by atoms with Crippen LogP contribution in [0.2, 0.25) is 0 Å². The molecule has 0 aliphatic carbocycles. The molecule has 0 aromatic heterocycles. The molecule has 0 saturated heterocycles. The summed E-state index contributed by atoms with van der Waals surface area (Å²) in [7, 11) is -2.71. The molecule has 176 valence electrons. The minimum absolute atomic E-state index is 0.968. The molecule has 1 aliphatic heterocycles. The van der Waals surface area contributed by atoms with E-state index >= 15 is 0 Å². The lowest BCUT2D eigenvalue weighted by molar-refractivity contribution is 0.591. The molecular formula is C35H25OP. The van der Waals surface area contributed by atoms with Crippen molar-refractivity contribution in [2.75, 3.05) is 6.66 Å². The van der Waals surface area contributed by atoms with Crippen LogP contribution in [0.4, 0.5) is 0 Å². The Labute approximate surface area is 217 Å². The molecule has 0 saturated carbocycles. The summed E-state index contributed by atoms with van der Waals surface area (Å²) in [6.07, 6.45) is 0. The fourth-order valence-corrected chi connectivity index (χ4v) is 8.41. The molecule has 6 aromatic rings. The zero-order valence-electron chi connectivity index (χ0n) is 20.6. The van der Waals surface area contributed by atoms with E-state index in [1.165, 1.54) is 33.0 Å². The Morgan fingerprint density at radius 2 is 1.08 bits per heavy atom. The lowest BCUT2D eigenvalue weighted by atomic mass is 9.91. The second-order valence-electron chi connectivity index (χ2n) is 9.83. The number of rotatable bonds is 3. The molecule has 7 rings (SSSR count). The van der Waals surface area contributed by atoms with Crippen molar-refractivity contribution in [2.24, 2.45) is 0 Å². The van der Waals surface area contributed by atoms with Crippen molar-refractivity contribution < 1.29 is 4.57 Å². The van der Waals surface area contributed by atoms with Gasteiger partial charge in [-0.25, -0.2) is 0 Å². The summed E-state index contributed by atoms with van der Waals surface area (Å²) in [5, 5.41) is 4.35. The molecule has 1 atom stereocenters. The van der Waals surface area contributed by atoms with Crippen molar-refractivity contribution in [3.63, 3.8) is 0 Å². The van der Waals surface area contributed by atoms with Gasteiger partial charge in [0.05, 0.1) is 0 Å². The van der Waals surface area contributed by atoms with E-state index in [-0.39, 0.29) is 0 Å². The van der Waals surface area contributed by atoms with Crippen LogP contribution in [0.3, 0.4) is 0 Å². The van der Waals surface area contributed by atoms with Gasteiger partial charge in [-0.2, -0.15) is 0 Å². The van der Waals surface area contributed by atoms with E-state index < -0.39 is 7.14 Å². The maximum absolute atomic E-state index is 14.2. The zero-order valence-corrected chi connectivity index (χ0v) is 21.5. The summed E-state index contributed by atoms with van der Waals surface area (Å²) >= 11 is 0. The van der Waals surface area contributed by atoms with E-state index in [1.807, 2.05) is 30.9 Å². The normalized spacial score (nSPS) is 15.9. The second-order valence-corrected chi connectivity index (χ2v) is 12.6. The third-order valence-electron chi connectivity index (χ3n) is 7.59. The average molecular weight is 493 g/mol. The van der Waals surface area contributed by atoms with Crippen molar-refractivity contribution in [3.8, 4) is 44.5 Å². The van der Waals surface area contributed by atoms with Crippen LogP contribution in [-0.4, -0.2) is 6.66 Å². The van der Waals surface area contributed by atoms with Crippen LogP contribution in [0.5, 0.6) is 0 Å². The van der Waals surface area contributed by atoms with Gasteiger partial charge in [0.25, 0.3) is 0 Å². The number of fused-ring (bicyclic) bond motifs is 4. The molecule has 0 spiro atoms. The van der Waals surface area contributed by atoms with Crippen molar-refractivity contribution in [1.29, 1.82) is 0 Å². The molecule has 1 heterocycles. The van der Waals surface area contributed by atoms with Crippen LogP contribution >= 0.6 is 7.14 Å². The topological polar surface area (TPSA) is 17.1 Å². The van der Waals surface area contributed by atoms with Gasteiger partial charge >= 0.3 is 0 Å². The van der Waals surface area contributed by atoms with Crippen LogP contribution in [-0.2, 0) is 4.57 Å². The highest BCUT2D eigenvalue weighted by atomic mass is 31.2. The van der Waals surface area contributed by atoms with E-state index in [0.29, 0.717) is 0 Å². The van der Waals surface area contributed by atoms with Gasteiger partial charge in [-0.05, 0) is 74.1 Å². The van der Waals surface area contributed by atoms with E-state index in [2.05, 4.69) is 109 Å². The van der Waals surface area contributed by atoms with Crippen LogP contribution < -0.4 is 10.6 Å². The first-order valence-corrected chi connectivity index (χ1v) is 14.8. The van der Waals surface area contributed by atoms with Crippen LogP contribution in [0.15, 0.2) is 133 Å². The van der Waals surface area contributed by atoms with Crippen molar-refractivity contribution >= 4 is 28.5 Å². The Morgan fingerprint density at radius 3 is 1.92 bits per heavy atom. The largest absolute Gasteiger partial charge is 0.314 e. The van der Waals surface area contributed by atoms with Crippen molar-refractivity contribution in [1.82, 2.24) is 0 Å². The molecule has 0 bridgehead atoms. The third kappa shape index (κ3) is 3.50. The zero-order chi connectivity index (χ0) is 25.0. The van der Waals surface area contributed by atoms with Crippen LogP contribution in [0, 0.1) is 0 Å². The number of hydrogen-bond donors (Lipinski definition) is 0. The third-order valence-corrected chi connectivity index (χ3v) is 10.2. The Hall–Kier alpha value is -4.19. The molecule has 2 heteroatoms. The molecule has 6 aromatic carbocycles. The van der Waals surface area contributed by atoms with Crippen molar-refractivity contribution in [3.05, 3.63) is 133 Å². The summed E-state index contributed by atoms with van der Waals surface area (Å²) < 4.78 is 14.2. The highest BCUT2D eigenvalue weighted by molar-refractivity contribution is 7.79.